The average molecular weight is 472 g/mol. The highest BCUT2D eigenvalue weighted by atomic mass is 16.6. The molecule has 34 heavy (non-hydrogen) atoms. The molecule has 0 radical (unpaired) electrons. The van der Waals surface area contributed by atoms with Crippen LogP contribution >= 0.6 is 0 Å². The van der Waals surface area contributed by atoms with Gasteiger partial charge in [-0.15, -0.1) is 0 Å². The Balaban J connectivity index is 1.79. The zero-order chi connectivity index (χ0) is 25.1. The first-order valence-electron chi connectivity index (χ1n) is 11.5. The molecule has 0 aliphatic carbocycles. The molecule has 0 N–H and O–H groups in total. The summed E-state index contributed by atoms with van der Waals surface area (Å²) in [4.78, 5) is 41.6. The highest BCUT2D eigenvalue weighted by Gasteiger charge is 2.48. The van der Waals surface area contributed by atoms with Crippen LogP contribution in [0.3, 0.4) is 0 Å². The fourth-order valence-electron chi connectivity index (χ4n) is 4.41. The number of cyclic esters (lactones) is 1. The van der Waals surface area contributed by atoms with Gasteiger partial charge in [0, 0.05) is 6.42 Å². The Morgan fingerprint density at radius 1 is 1.21 bits per heavy atom. The van der Waals surface area contributed by atoms with Crippen LogP contribution < -0.4 is 0 Å². The number of nitriles is 1. The predicted octanol–water partition coefficient (Wildman–Crippen LogP) is 3.87. The van der Waals surface area contributed by atoms with E-state index in [1.54, 1.807) is 34.6 Å². The minimum atomic E-state index is -0.935. The first-order valence-corrected chi connectivity index (χ1v) is 11.5. The molecule has 2 aliphatic heterocycles. The third-order valence-corrected chi connectivity index (χ3v) is 5.92. The fourth-order valence-corrected chi connectivity index (χ4v) is 4.41. The van der Waals surface area contributed by atoms with Gasteiger partial charge >= 0.3 is 12.2 Å². The second kappa shape index (κ2) is 10.0. The quantitative estimate of drug-likeness (QED) is 0.619. The Hall–Kier alpha value is -3.12. The third-order valence-electron chi connectivity index (χ3n) is 5.92. The molecule has 3 amide bonds. The van der Waals surface area contributed by atoms with Gasteiger partial charge in [-0.25, -0.2) is 14.5 Å². The van der Waals surface area contributed by atoms with E-state index in [4.69, 9.17) is 14.2 Å². The van der Waals surface area contributed by atoms with Crippen LogP contribution in [-0.2, 0) is 25.4 Å². The Morgan fingerprint density at radius 2 is 1.88 bits per heavy atom. The lowest BCUT2D eigenvalue weighted by atomic mass is 9.94. The number of benzene rings is 1. The van der Waals surface area contributed by atoms with Crippen LogP contribution in [0.4, 0.5) is 9.59 Å². The Kier molecular flexibility index (Phi) is 7.51. The van der Waals surface area contributed by atoms with Crippen molar-refractivity contribution in [2.45, 2.75) is 77.3 Å². The summed E-state index contributed by atoms with van der Waals surface area (Å²) in [5, 5.41) is 9.43. The van der Waals surface area contributed by atoms with E-state index in [1.165, 1.54) is 4.90 Å². The van der Waals surface area contributed by atoms with Crippen molar-refractivity contribution in [1.82, 2.24) is 9.80 Å². The van der Waals surface area contributed by atoms with Crippen molar-refractivity contribution in [3.05, 3.63) is 35.9 Å². The smallest absolute Gasteiger partial charge is 0.416 e. The summed E-state index contributed by atoms with van der Waals surface area (Å²) in [7, 11) is 0. The molecule has 1 aromatic rings. The minimum absolute atomic E-state index is 0.0975. The highest BCUT2D eigenvalue weighted by molar-refractivity contribution is 5.95. The summed E-state index contributed by atoms with van der Waals surface area (Å²) in [6.45, 7) is 9.13. The maximum atomic E-state index is 13.5. The molecule has 9 heteroatoms. The van der Waals surface area contributed by atoms with Crippen LogP contribution in [0.15, 0.2) is 30.3 Å². The van der Waals surface area contributed by atoms with Crippen LogP contribution in [0.25, 0.3) is 0 Å². The van der Waals surface area contributed by atoms with E-state index in [0.29, 0.717) is 6.42 Å². The van der Waals surface area contributed by atoms with Gasteiger partial charge in [0.2, 0.25) is 5.91 Å². The van der Waals surface area contributed by atoms with Gasteiger partial charge in [-0.05, 0) is 53.0 Å². The number of carbonyl (C=O) groups is 3. The van der Waals surface area contributed by atoms with E-state index < -0.39 is 47.4 Å². The number of ether oxygens (including phenoxy) is 3. The van der Waals surface area contributed by atoms with E-state index in [2.05, 4.69) is 6.07 Å². The lowest BCUT2D eigenvalue weighted by Gasteiger charge is -2.36. The minimum Gasteiger partial charge on any atom is -0.447 e. The van der Waals surface area contributed by atoms with Crippen molar-refractivity contribution < 1.29 is 28.6 Å². The number of amides is 3. The van der Waals surface area contributed by atoms with Crippen molar-refractivity contribution in [2.75, 3.05) is 13.2 Å². The fraction of sp³-hybridized carbons (Fsp3) is 0.600. The molecule has 2 heterocycles. The molecular formula is C25H33N3O6. The molecule has 0 saturated carbocycles. The number of hydrogen-bond acceptors (Lipinski definition) is 7. The molecule has 2 fully saturated rings. The van der Waals surface area contributed by atoms with E-state index in [0.717, 1.165) is 10.5 Å². The zero-order valence-electron chi connectivity index (χ0n) is 20.4. The van der Waals surface area contributed by atoms with Crippen molar-refractivity contribution in [3.63, 3.8) is 0 Å². The standard InChI is InChI=1S/C25H33N3O6/c1-24(2,3)34-23(31)28-20(16-33-25(28,4)5)14-18(11-12-26)21(29)27-19(15-32-22(27)30)13-17-9-7-6-8-10-17/h6-10,18-20H,11,13-16H2,1-5H3/t18-,19-,20-/m0/s1. The molecule has 2 saturated heterocycles. The van der Waals surface area contributed by atoms with Gasteiger partial charge in [0.15, 0.2) is 0 Å². The normalized spacial score (nSPS) is 22.8. The number of imide groups is 1. The van der Waals surface area contributed by atoms with Crippen LogP contribution in [0, 0.1) is 17.2 Å². The molecule has 0 spiro atoms. The van der Waals surface area contributed by atoms with Gasteiger partial charge < -0.3 is 14.2 Å². The van der Waals surface area contributed by atoms with Gasteiger partial charge in [0.25, 0.3) is 0 Å². The van der Waals surface area contributed by atoms with Gasteiger partial charge in [-0.1, -0.05) is 30.3 Å². The molecule has 0 unspecified atom stereocenters. The topological polar surface area (TPSA) is 109 Å². The number of rotatable bonds is 6. The maximum Gasteiger partial charge on any atom is 0.416 e. The first kappa shape index (κ1) is 25.5. The van der Waals surface area contributed by atoms with Gasteiger partial charge in [0.1, 0.15) is 17.9 Å². The van der Waals surface area contributed by atoms with Gasteiger partial charge in [-0.2, -0.15) is 5.26 Å². The van der Waals surface area contributed by atoms with E-state index in [-0.39, 0.29) is 26.1 Å². The molecular weight excluding hydrogens is 438 g/mol. The first-order chi connectivity index (χ1) is 15.9. The van der Waals surface area contributed by atoms with Crippen molar-refractivity contribution >= 4 is 18.1 Å². The molecule has 3 atom stereocenters. The van der Waals surface area contributed by atoms with Crippen LogP contribution in [0.1, 0.15) is 53.0 Å². The van der Waals surface area contributed by atoms with Crippen molar-refractivity contribution in [3.8, 4) is 6.07 Å². The Labute approximate surface area is 200 Å². The monoisotopic (exact) mass is 471 g/mol. The number of nitrogens with zero attached hydrogens (tertiary/aromatic N) is 3. The van der Waals surface area contributed by atoms with Gasteiger partial charge in [-0.3, -0.25) is 9.69 Å². The number of carbonyl (C=O) groups excluding carboxylic acids is 3. The molecule has 1 aromatic carbocycles. The van der Waals surface area contributed by atoms with Crippen LogP contribution in [0.2, 0.25) is 0 Å². The summed E-state index contributed by atoms with van der Waals surface area (Å²) in [6.07, 6.45) is -0.732. The third kappa shape index (κ3) is 5.86. The van der Waals surface area contributed by atoms with Gasteiger partial charge in [0.05, 0.1) is 30.7 Å². The Morgan fingerprint density at radius 3 is 2.50 bits per heavy atom. The van der Waals surface area contributed by atoms with E-state index in [1.807, 2.05) is 30.3 Å². The van der Waals surface area contributed by atoms with E-state index in [9.17, 15) is 19.6 Å². The summed E-state index contributed by atoms with van der Waals surface area (Å²) in [5.74, 6) is -1.28. The highest BCUT2D eigenvalue weighted by Crippen LogP contribution is 2.34. The predicted molar refractivity (Wildman–Crippen MR) is 122 cm³/mol. The summed E-state index contributed by atoms with van der Waals surface area (Å²) < 4.78 is 16.6. The second-order valence-corrected chi connectivity index (χ2v) is 10.2. The largest absolute Gasteiger partial charge is 0.447 e. The summed E-state index contributed by atoms with van der Waals surface area (Å²) in [6, 6.07) is 10.6. The van der Waals surface area contributed by atoms with E-state index >= 15 is 0 Å². The van der Waals surface area contributed by atoms with Crippen molar-refractivity contribution in [2.24, 2.45) is 5.92 Å². The molecule has 9 nitrogen and oxygen atoms in total. The molecule has 3 rings (SSSR count). The lowest BCUT2D eigenvalue weighted by molar-refractivity contribution is -0.134. The zero-order valence-corrected chi connectivity index (χ0v) is 20.4. The van der Waals surface area contributed by atoms with Crippen molar-refractivity contribution in [1.29, 1.82) is 5.26 Å². The number of hydrogen-bond donors (Lipinski definition) is 0. The lowest BCUT2D eigenvalue weighted by Crippen LogP contribution is -2.51. The SMILES string of the molecule is CC(C)(C)OC(=O)N1[C@@H](C[C@H](CC#N)C(=O)N2C(=O)OC[C@@H]2Cc2ccccc2)COC1(C)C. The molecule has 0 aromatic heterocycles. The summed E-state index contributed by atoms with van der Waals surface area (Å²) >= 11 is 0. The van der Waals surface area contributed by atoms with Crippen LogP contribution in [0.5, 0.6) is 0 Å². The molecule has 0 bridgehead atoms. The maximum absolute atomic E-state index is 13.5. The Bertz CT molecular complexity index is 950. The average Bonchev–Trinajstić information content (AvgIpc) is 3.25. The summed E-state index contributed by atoms with van der Waals surface area (Å²) in [5.41, 5.74) is -0.663. The second-order valence-electron chi connectivity index (χ2n) is 10.2. The molecule has 184 valence electrons. The van der Waals surface area contributed by atoms with Crippen LogP contribution in [-0.4, -0.2) is 64.5 Å². The molecule has 2 aliphatic rings.